The minimum Gasteiger partial charge on any atom is -0.497 e. The molecule has 0 bridgehead atoms. The second-order valence-corrected chi connectivity index (χ2v) is 4.69. The van der Waals surface area contributed by atoms with E-state index in [4.69, 9.17) is 9.84 Å². The molecular weight excluding hydrogens is 215 g/mol. The molecule has 1 aromatic rings. The molecular formula is C11H15FO2S. The highest BCUT2D eigenvalue weighted by Gasteiger charge is 2.06. The largest absolute Gasteiger partial charge is 0.497 e. The van der Waals surface area contributed by atoms with Gasteiger partial charge in [-0.3, -0.25) is 0 Å². The average Bonchev–Trinajstić information content (AvgIpc) is 2.26. The number of aliphatic hydroxyl groups is 1. The Kier molecular flexibility index (Phi) is 4.91. The van der Waals surface area contributed by atoms with Crippen molar-refractivity contribution in [2.75, 3.05) is 13.7 Å². The van der Waals surface area contributed by atoms with E-state index in [0.717, 1.165) is 0 Å². The lowest BCUT2D eigenvalue weighted by Crippen LogP contribution is -2.03. The summed E-state index contributed by atoms with van der Waals surface area (Å²) < 4.78 is 18.3. The number of hydrogen-bond acceptors (Lipinski definition) is 3. The van der Waals surface area contributed by atoms with E-state index in [1.54, 1.807) is 12.1 Å². The molecule has 0 aliphatic carbocycles. The molecule has 1 unspecified atom stereocenters. The number of hydrogen-bond donors (Lipinski definition) is 1. The summed E-state index contributed by atoms with van der Waals surface area (Å²) in [6.07, 6.45) is 0. The van der Waals surface area contributed by atoms with Gasteiger partial charge < -0.3 is 9.84 Å². The summed E-state index contributed by atoms with van der Waals surface area (Å²) in [5, 5.41) is 8.96. The second kappa shape index (κ2) is 5.98. The summed E-state index contributed by atoms with van der Waals surface area (Å²) in [4.78, 5) is 0. The standard InChI is InChI=1S/C11H15FO2S/c1-8(6-13)15-7-9-3-4-10(14-2)5-11(9)12/h3-5,8,13H,6-7H2,1-2H3. The Balaban J connectivity index is 2.62. The predicted molar refractivity (Wildman–Crippen MR) is 60.8 cm³/mol. The van der Waals surface area contributed by atoms with Crippen LogP contribution in [-0.4, -0.2) is 24.1 Å². The molecule has 1 rings (SSSR count). The van der Waals surface area contributed by atoms with Crippen molar-refractivity contribution in [1.82, 2.24) is 0 Å². The monoisotopic (exact) mass is 230 g/mol. The van der Waals surface area contributed by atoms with Crippen molar-refractivity contribution in [2.24, 2.45) is 0 Å². The zero-order valence-corrected chi connectivity index (χ0v) is 9.68. The van der Waals surface area contributed by atoms with E-state index < -0.39 is 0 Å². The lowest BCUT2D eigenvalue weighted by atomic mass is 10.2. The molecule has 0 aromatic heterocycles. The fraction of sp³-hybridized carbons (Fsp3) is 0.455. The lowest BCUT2D eigenvalue weighted by molar-refractivity contribution is 0.300. The number of halogens is 1. The van der Waals surface area contributed by atoms with Crippen LogP contribution in [-0.2, 0) is 5.75 Å². The predicted octanol–water partition coefficient (Wildman–Crippen LogP) is 2.45. The highest BCUT2D eigenvalue weighted by atomic mass is 32.2. The molecule has 1 N–H and O–H groups in total. The smallest absolute Gasteiger partial charge is 0.130 e. The lowest BCUT2D eigenvalue weighted by Gasteiger charge is -2.09. The van der Waals surface area contributed by atoms with Crippen LogP contribution in [0.1, 0.15) is 12.5 Å². The van der Waals surface area contributed by atoms with E-state index >= 15 is 0 Å². The number of aliphatic hydroxyl groups excluding tert-OH is 1. The fourth-order valence-electron chi connectivity index (χ4n) is 1.06. The molecule has 15 heavy (non-hydrogen) atoms. The minimum atomic E-state index is -0.257. The van der Waals surface area contributed by atoms with Crippen molar-refractivity contribution in [2.45, 2.75) is 17.9 Å². The van der Waals surface area contributed by atoms with Gasteiger partial charge in [0.05, 0.1) is 13.7 Å². The average molecular weight is 230 g/mol. The van der Waals surface area contributed by atoms with Crippen LogP contribution in [0.3, 0.4) is 0 Å². The van der Waals surface area contributed by atoms with Crippen LogP contribution in [0.25, 0.3) is 0 Å². The van der Waals surface area contributed by atoms with Crippen LogP contribution in [0.5, 0.6) is 5.75 Å². The summed E-state index contributed by atoms with van der Waals surface area (Å²) in [6.45, 7) is 2.02. The van der Waals surface area contributed by atoms with Gasteiger partial charge in [-0.2, -0.15) is 11.8 Å². The Labute approximate surface area is 93.5 Å². The van der Waals surface area contributed by atoms with Crippen LogP contribution in [0.4, 0.5) is 4.39 Å². The third-order valence-corrected chi connectivity index (χ3v) is 3.24. The zero-order valence-electron chi connectivity index (χ0n) is 8.87. The quantitative estimate of drug-likeness (QED) is 0.842. The first kappa shape index (κ1) is 12.3. The van der Waals surface area contributed by atoms with Gasteiger partial charge in [0.1, 0.15) is 11.6 Å². The molecule has 0 amide bonds. The topological polar surface area (TPSA) is 29.5 Å². The number of ether oxygens (including phenoxy) is 1. The van der Waals surface area contributed by atoms with Crippen molar-refractivity contribution in [3.05, 3.63) is 29.6 Å². The molecule has 84 valence electrons. The van der Waals surface area contributed by atoms with Gasteiger partial charge in [0.15, 0.2) is 0 Å². The maximum absolute atomic E-state index is 13.4. The first-order valence-electron chi connectivity index (χ1n) is 4.72. The van der Waals surface area contributed by atoms with E-state index in [0.29, 0.717) is 17.1 Å². The van der Waals surface area contributed by atoms with Gasteiger partial charge in [-0.15, -0.1) is 0 Å². The minimum absolute atomic E-state index is 0.114. The maximum atomic E-state index is 13.4. The summed E-state index contributed by atoms with van der Waals surface area (Å²) in [6, 6.07) is 4.83. The molecule has 0 aliphatic rings. The molecule has 0 heterocycles. The Bertz CT molecular complexity index is 317. The summed E-state index contributed by atoms with van der Waals surface area (Å²) in [5.74, 6) is 0.834. The van der Waals surface area contributed by atoms with Crippen LogP contribution in [0, 0.1) is 5.82 Å². The van der Waals surface area contributed by atoms with Crippen molar-refractivity contribution in [1.29, 1.82) is 0 Å². The molecule has 1 aromatic carbocycles. The Morgan fingerprint density at radius 1 is 1.53 bits per heavy atom. The van der Waals surface area contributed by atoms with Gasteiger partial charge in [-0.1, -0.05) is 13.0 Å². The Morgan fingerprint density at radius 2 is 2.27 bits per heavy atom. The van der Waals surface area contributed by atoms with Crippen LogP contribution >= 0.6 is 11.8 Å². The van der Waals surface area contributed by atoms with Gasteiger partial charge in [0.2, 0.25) is 0 Å². The van der Waals surface area contributed by atoms with Crippen molar-refractivity contribution < 1.29 is 14.2 Å². The first-order valence-corrected chi connectivity index (χ1v) is 5.77. The maximum Gasteiger partial charge on any atom is 0.130 e. The highest BCUT2D eigenvalue weighted by molar-refractivity contribution is 7.99. The normalized spacial score (nSPS) is 12.5. The number of thioether (sulfide) groups is 1. The molecule has 2 nitrogen and oxygen atoms in total. The third kappa shape index (κ3) is 3.72. The molecule has 4 heteroatoms. The molecule has 0 aliphatic heterocycles. The van der Waals surface area contributed by atoms with Crippen LogP contribution < -0.4 is 4.74 Å². The molecule has 0 fully saturated rings. The number of benzene rings is 1. The highest BCUT2D eigenvalue weighted by Crippen LogP contribution is 2.22. The molecule has 1 atom stereocenters. The van der Waals surface area contributed by atoms with E-state index in [9.17, 15) is 4.39 Å². The van der Waals surface area contributed by atoms with Crippen LogP contribution in [0.15, 0.2) is 18.2 Å². The zero-order chi connectivity index (χ0) is 11.3. The number of rotatable bonds is 5. The molecule has 0 saturated heterocycles. The SMILES string of the molecule is COc1ccc(CSC(C)CO)c(F)c1. The summed E-state index contributed by atoms with van der Waals surface area (Å²) in [5.41, 5.74) is 0.640. The van der Waals surface area contributed by atoms with Gasteiger partial charge in [-0.05, 0) is 11.6 Å². The van der Waals surface area contributed by atoms with Crippen LogP contribution in [0.2, 0.25) is 0 Å². The van der Waals surface area contributed by atoms with Gasteiger partial charge in [0, 0.05) is 17.1 Å². The summed E-state index contributed by atoms with van der Waals surface area (Å²) >= 11 is 1.53. The third-order valence-electron chi connectivity index (χ3n) is 2.04. The van der Waals surface area contributed by atoms with Gasteiger partial charge in [0.25, 0.3) is 0 Å². The molecule has 0 spiro atoms. The fourth-order valence-corrected chi connectivity index (χ4v) is 1.86. The van der Waals surface area contributed by atoms with E-state index in [-0.39, 0.29) is 17.7 Å². The van der Waals surface area contributed by atoms with Crippen molar-refractivity contribution in [3.63, 3.8) is 0 Å². The van der Waals surface area contributed by atoms with Crippen molar-refractivity contribution >= 4 is 11.8 Å². The second-order valence-electron chi connectivity index (χ2n) is 3.26. The van der Waals surface area contributed by atoms with E-state index in [2.05, 4.69) is 0 Å². The molecule has 0 radical (unpaired) electrons. The van der Waals surface area contributed by atoms with E-state index in [1.807, 2.05) is 6.92 Å². The van der Waals surface area contributed by atoms with Gasteiger partial charge in [-0.25, -0.2) is 4.39 Å². The Morgan fingerprint density at radius 3 is 2.80 bits per heavy atom. The molecule has 0 saturated carbocycles. The Hall–Kier alpha value is -0.740. The van der Waals surface area contributed by atoms with E-state index in [1.165, 1.54) is 24.9 Å². The summed E-state index contributed by atoms with van der Waals surface area (Å²) in [7, 11) is 1.51. The number of methoxy groups -OCH3 is 1. The van der Waals surface area contributed by atoms with Crippen molar-refractivity contribution in [3.8, 4) is 5.75 Å². The first-order chi connectivity index (χ1) is 7.17. The van der Waals surface area contributed by atoms with Gasteiger partial charge >= 0.3 is 0 Å².